The maximum Gasteiger partial charge on any atom is 0.188 e. The maximum atomic E-state index is 6.44. The van der Waals surface area contributed by atoms with Crippen LogP contribution in [0.3, 0.4) is 0 Å². The van der Waals surface area contributed by atoms with E-state index in [4.69, 9.17) is 21.7 Å². The molecule has 4 nitrogen and oxygen atoms in total. The summed E-state index contributed by atoms with van der Waals surface area (Å²) in [5, 5.41) is 4.12. The van der Waals surface area contributed by atoms with Gasteiger partial charge in [-0.05, 0) is 49.5 Å². The van der Waals surface area contributed by atoms with Crippen LogP contribution in [0.1, 0.15) is 24.9 Å². The lowest BCUT2D eigenvalue weighted by molar-refractivity contribution is 0.0464. The first-order valence-corrected chi connectivity index (χ1v) is 8.94. The predicted octanol–water partition coefficient (Wildman–Crippen LogP) is 4.39. The van der Waals surface area contributed by atoms with Crippen molar-refractivity contribution in [2.24, 2.45) is 0 Å². The van der Waals surface area contributed by atoms with Gasteiger partial charge in [-0.2, -0.15) is 0 Å². The Bertz CT molecular complexity index is 811. The van der Waals surface area contributed by atoms with Crippen molar-refractivity contribution < 1.29 is 9.47 Å². The van der Waals surface area contributed by atoms with Gasteiger partial charge in [0.05, 0.1) is 13.2 Å². The molecule has 124 valence electrons. The number of nitrogens with one attached hydrogen (secondary N) is 1. The third kappa shape index (κ3) is 2.36. The van der Waals surface area contributed by atoms with Crippen LogP contribution in [0.5, 0.6) is 11.5 Å². The van der Waals surface area contributed by atoms with E-state index in [1.807, 2.05) is 41.3 Å². The van der Waals surface area contributed by atoms with Crippen LogP contribution in [0.15, 0.2) is 46.9 Å². The molecule has 0 aliphatic carbocycles. The molecule has 1 fully saturated rings. The van der Waals surface area contributed by atoms with Gasteiger partial charge in [-0.1, -0.05) is 28.1 Å². The quantitative estimate of drug-likeness (QED) is 0.750. The SMILES string of the molecule is COc1cccc2c1OC1(C)CC2NC(=S)N1c1ccc(Br)cc1. The molecule has 2 unspecified atom stereocenters. The molecule has 2 aliphatic heterocycles. The molecule has 2 heterocycles. The zero-order valence-corrected chi connectivity index (χ0v) is 15.8. The molecule has 0 radical (unpaired) electrons. The minimum absolute atomic E-state index is 0.119. The minimum Gasteiger partial charge on any atom is -0.493 e. The standard InChI is InChI=1S/C18H17BrN2O2S/c1-18-10-14(13-4-3-5-15(22-2)16(13)23-18)20-17(24)21(18)12-8-6-11(19)7-9-12/h3-9,14H,10H2,1-2H3,(H,20,24). The summed E-state index contributed by atoms with van der Waals surface area (Å²) in [7, 11) is 1.66. The first-order valence-electron chi connectivity index (χ1n) is 7.74. The number of methoxy groups -OCH3 is 1. The van der Waals surface area contributed by atoms with Crippen molar-refractivity contribution in [1.82, 2.24) is 5.32 Å². The second-order valence-corrected chi connectivity index (χ2v) is 7.48. The summed E-state index contributed by atoms with van der Waals surface area (Å²) in [5.41, 5.74) is 1.52. The van der Waals surface area contributed by atoms with Crippen LogP contribution >= 0.6 is 28.1 Å². The van der Waals surface area contributed by atoms with Gasteiger partial charge < -0.3 is 14.8 Å². The summed E-state index contributed by atoms with van der Waals surface area (Å²) in [5.74, 6) is 1.53. The van der Waals surface area contributed by atoms with Crippen molar-refractivity contribution in [3.8, 4) is 11.5 Å². The number of hydrogen-bond acceptors (Lipinski definition) is 3. The van der Waals surface area contributed by atoms with E-state index in [9.17, 15) is 0 Å². The Kier molecular flexibility index (Phi) is 3.69. The average Bonchev–Trinajstić information content (AvgIpc) is 2.55. The molecule has 24 heavy (non-hydrogen) atoms. The van der Waals surface area contributed by atoms with Crippen molar-refractivity contribution in [1.29, 1.82) is 0 Å². The zero-order valence-electron chi connectivity index (χ0n) is 13.4. The van der Waals surface area contributed by atoms with Gasteiger partial charge in [0.2, 0.25) is 0 Å². The Morgan fingerprint density at radius 3 is 2.75 bits per heavy atom. The summed E-state index contributed by atoms with van der Waals surface area (Å²) in [6.07, 6.45) is 0.795. The normalized spacial score (nSPS) is 24.7. The Morgan fingerprint density at radius 2 is 2.04 bits per heavy atom. The fourth-order valence-corrected chi connectivity index (χ4v) is 4.21. The van der Waals surface area contributed by atoms with E-state index in [1.54, 1.807) is 7.11 Å². The van der Waals surface area contributed by atoms with Gasteiger partial charge in [0, 0.05) is 22.1 Å². The van der Waals surface area contributed by atoms with E-state index in [0.29, 0.717) is 5.11 Å². The summed E-state index contributed by atoms with van der Waals surface area (Å²) in [6.45, 7) is 2.07. The Morgan fingerprint density at radius 1 is 1.29 bits per heavy atom. The van der Waals surface area contributed by atoms with Gasteiger partial charge in [-0.15, -0.1) is 0 Å². The van der Waals surface area contributed by atoms with Gasteiger partial charge >= 0.3 is 0 Å². The largest absolute Gasteiger partial charge is 0.493 e. The van der Waals surface area contributed by atoms with E-state index in [-0.39, 0.29) is 6.04 Å². The van der Waals surface area contributed by atoms with Gasteiger partial charge in [0.15, 0.2) is 22.3 Å². The minimum atomic E-state index is -0.567. The molecule has 1 N–H and O–H groups in total. The number of benzene rings is 2. The fraction of sp³-hybridized carbons (Fsp3) is 0.278. The fourth-order valence-electron chi connectivity index (χ4n) is 3.50. The first kappa shape index (κ1) is 15.7. The molecular weight excluding hydrogens is 388 g/mol. The van der Waals surface area contributed by atoms with E-state index >= 15 is 0 Å². The average molecular weight is 405 g/mol. The summed E-state index contributed by atoms with van der Waals surface area (Å²) < 4.78 is 13.0. The van der Waals surface area contributed by atoms with Crippen LogP contribution in [0.2, 0.25) is 0 Å². The molecule has 0 spiro atoms. The number of para-hydroxylation sites is 1. The summed E-state index contributed by atoms with van der Waals surface area (Å²) in [4.78, 5) is 2.04. The smallest absolute Gasteiger partial charge is 0.188 e. The number of halogens is 1. The van der Waals surface area contributed by atoms with Crippen LogP contribution in [-0.4, -0.2) is 17.9 Å². The Hall–Kier alpha value is -1.79. The zero-order chi connectivity index (χ0) is 16.9. The highest BCUT2D eigenvalue weighted by atomic mass is 79.9. The summed E-state index contributed by atoms with van der Waals surface area (Å²) >= 11 is 9.13. The van der Waals surface area contributed by atoms with Crippen LogP contribution < -0.4 is 19.7 Å². The monoisotopic (exact) mass is 404 g/mol. The predicted molar refractivity (Wildman–Crippen MR) is 102 cm³/mol. The maximum absolute atomic E-state index is 6.44. The van der Waals surface area contributed by atoms with E-state index < -0.39 is 5.72 Å². The molecular formula is C18H17BrN2O2S. The van der Waals surface area contributed by atoms with Crippen LogP contribution in [0, 0.1) is 0 Å². The Labute approximate surface area is 154 Å². The van der Waals surface area contributed by atoms with Gasteiger partial charge in [-0.25, -0.2) is 0 Å². The number of fused-ring (bicyclic) bond motifs is 4. The molecule has 2 aromatic rings. The van der Waals surface area contributed by atoms with Gasteiger partial charge in [0.25, 0.3) is 0 Å². The van der Waals surface area contributed by atoms with Crippen molar-refractivity contribution in [2.45, 2.75) is 25.1 Å². The number of thiocarbonyl (C=S) groups is 1. The molecule has 4 rings (SSSR count). The molecule has 0 aromatic heterocycles. The number of nitrogens with zero attached hydrogens (tertiary/aromatic N) is 1. The highest BCUT2D eigenvalue weighted by Gasteiger charge is 2.49. The number of hydrogen-bond donors (Lipinski definition) is 1. The van der Waals surface area contributed by atoms with Crippen LogP contribution in [0.4, 0.5) is 5.69 Å². The van der Waals surface area contributed by atoms with E-state index in [0.717, 1.165) is 33.6 Å². The molecule has 2 aliphatic rings. The lowest BCUT2D eigenvalue weighted by Gasteiger charge is -2.52. The van der Waals surface area contributed by atoms with Crippen molar-refractivity contribution >= 4 is 38.9 Å². The number of anilines is 1. The van der Waals surface area contributed by atoms with Crippen LogP contribution in [0.25, 0.3) is 0 Å². The molecule has 6 heteroatoms. The molecule has 0 amide bonds. The first-order chi connectivity index (χ1) is 11.5. The second-order valence-electron chi connectivity index (χ2n) is 6.17. The highest BCUT2D eigenvalue weighted by molar-refractivity contribution is 9.10. The van der Waals surface area contributed by atoms with Gasteiger partial charge in [-0.3, -0.25) is 4.90 Å². The second kappa shape index (κ2) is 5.63. The van der Waals surface area contributed by atoms with Crippen molar-refractivity contribution in [3.63, 3.8) is 0 Å². The third-order valence-corrected chi connectivity index (χ3v) is 5.40. The lowest BCUT2D eigenvalue weighted by Crippen LogP contribution is -2.65. The molecule has 0 saturated carbocycles. The van der Waals surface area contributed by atoms with E-state index in [1.165, 1.54) is 0 Å². The molecule has 1 saturated heterocycles. The topological polar surface area (TPSA) is 33.7 Å². The lowest BCUT2D eigenvalue weighted by atomic mass is 9.90. The van der Waals surface area contributed by atoms with Gasteiger partial charge in [0.1, 0.15) is 0 Å². The summed E-state index contributed by atoms with van der Waals surface area (Å²) in [6, 6.07) is 14.2. The van der Waals surface area contributed by atoms with Crippen molar-refractivity contribution in [2.75, 3.05) is 12.0 Å². The molecule has 2 atom stereocenters. The molecule has 2 bridgehead atoms. The molecule has 2 aromatic carbocycles. The third-order valence-electron chi connectivity index (χ3n) is 4.57. The Balaban J connectivity index is 1.81. The van der Waals surface area contributed by atoms with Crippen LogP contribution in [-0.2, 0) is 0 Å². The highest BCUT2D eigenvalue weighted by Crippen LogP contribution is 2.49. The number of ether oxygens (including phenoxy) is 2. The number of rotatable bonds is 2. The van der Waals surface area contributed by atoms with E-state index in [2.05, 4.69) is 34.2 Å². The van der Waals surface area contributed by atoms with Crippen molar-refractivity contribution in [3.05, 3.63) is 52.5 Å².